The number of hydrogen-bond acceptors (Lipinski definition) is 3. The van der Waals surface area contributed by atoms with Crippen LogP contribution in [0.4, 0.5) is 0 Å². The molecule has 1 rings (SSSR count). The molecular formula is C15H27N3. The summed E-state index contributed by atoms with van der Waals surface area (Å²) in [6, 6.07) is 6.52. The highest BCUT2D eigenvalue weighted by Gasteiger charge is 2.20. The molecule has 0 aliphatic rings. The molecule has 1 atom stereocenters. The van der Waals surface area contributed by atoms with Crippen LogP contribution >= 0.6 is 0 Å². The van der Waals surface area contributed by atoms with E-state index in [0.29, 0.717) is 11.5 Å². The molecule has 102 valence electrons. The van der Waals surface area contributed by atoms with Crippen LogP contribution in [0.3, 0.4) is 0 Å². The number of nitrogens with two attached hydrogens (primary N) is 1. The highest BCUT2D eigenvalue weighted by atomic mass is 15.1. The number of aromatic nitrogens is 1. The van der Waals surface area contributed by atoms with E-state index < -0.39 is 0 Å². The van der Waals surface area contributed by atoms with E-state index in [-0.39, 0.29) is 0 Å². The molecule has 0 radical (unpaired) electrons. The van der Waals surface area contributed by atoms with Gasteiger partial charge in [-0.3, -0.25) is 4.98 Å². The Morgan fingerprint density at radius 2 is 2.06 bits per heavy atom. The molecule has 0 aromatic carbocycles. The third-order valence-corrected chi connectivity index (χ3v) is 3.19. The Kier molecular flexibility index (Phi) is 5.76. The maximum Gasteiger partial charge on any atom is 0.0416 e. The fourth-order valence-corrected chi connectivity index (χ4v) is 2.15. The molecule has 1 aromatic rings. The molecule has 0 fully saturated rings. The molecule has 3 heteroatoms. The molecule has 0 saturated carbocycles. The maximum absolute atomic E-state index is 5.89. The minimum atomic E-state index is 0.323. The SMILES string of the molecule is CN(CCc1ccccn1)C(CN)CC(C)(C)C. The second-order valence-electron chi connectivity index (χ2n) is 6.21. The van der Waals surface area contributed by atoms with Crippen LogP contribution in [0.15, 0.2) is 24.4 Å². The fourth-order valence-electron chi connectivity index (χ4n) is 2.15. The van der Waals surface area contributed by atoms with E-state index in [1.54, 1.807) is 0 Å². The lowest BCUT2D eigenvalue weighted by Gasteiger charge is -2.32. The van der Waals surface area contributed by atoms with Crippen molar-refractivity contribution in [2.75, 3.05) is 20.1 Å². The fraction of sp³-hybridized carbons (Fsp3) is 0.667. The quantitative estimate of drug-likeness (QED) is 0.841. The number of rotatable bonds is 6. The van der Waals surface area contributed by atoms with Gasteiger partial charge in [-0.15, -0.1) is 0 Å². The molecule has 1 unspecified atom stereocenters. The Morgan fingerprint density at radius 3 is 2.56 bits per heavy atom. The highest BCUT2D eigenvalue weighted by molar-refractivity contribution is 5.03. The van der Waals surface area contributed by atoms with Crippen LogP contribution in [0, 0.1) is 5.41 Å². The summed E-state index contributed by atoms with van der Waals surface area (Å²) in [5.41, 5.74) is 7.36. The van der Waals surface area contributed by atoms with Crippen molar-refractivity contribution in [1.29, 1.82) is 0 Å². The first-order chi connectivity index (χ1) is 8.42. The van der Waals surface area contributed by atoms with Gasteiger partial charge in [-0.05, 0) is 31.0 Å². The number of hydrogen-bond donors (Lipinski definition) is 1. The van der Waals surface area contributed by atoms with Crippen molar-refractivity contribution in [2.45, 2.75) is 39.7 Å². The zero-order valence-corrected chi connectivity index (χ0v) is 12.2. The molecule has 0 bridgehead atoms. The van der Waals surface area contributed by atoms with Gasteiger partial charge < -0.3 is 10.6 Å². The Hall–Kier alpha value is -0.930. The van der Waals surface area contributed by atoms with E-state index in [4.69, 9.17) is 5.73 Å². The first-order valence-corrected chi connectivity index (χ1v) is 6.72. The van der Waals surface area contributed by atoms with E-state index in [2.05, 4.69) is 43.8 Å². The molecule has 0 amide bonds. The molecule has 2 N–H and O–H groups in total. The molecule has 1 aromatic heterocycles. The molecular weight excluding hydrogens is 222 g/mol. The summed E-state index contributed by atoms with van der Waals surface area (Å²) in [6.07, 6.45) is 3.96. The predicted octanol–water partition coefficient (Wildman–Crippen LogP) is 2.32. The molecule has 0 aliphatic carbocycles. The topological polar surface area (TPSA) is 42.2 Å². The van der Waals surface area contributed by atoms with E-state index >= 15 is 0 Å². The van der Waals surface area contributed by atoms with Gasteiger partial charge in [0.15, 0.2) is 0 Å². The molecule has 1 heterocycles. The third-order valence-electron chi connectivity index (χ3n) is 3.19. The summed E-state index contributed by atoms with van der Waals surface area (Å²) < 4.78 is 0. The summed E-state index contributed by atoms with van der Waals surface area (Å²) in [5, 5.41) is 0. The van der Waals surface area contributed by atoms with Crippen molar-refractivity contribution in [2.24, 2.45) is 11.1 Å². The average Bonchev–Trinajstić information content (AvgIpc) is 2.33. The van der Waals surface area contributed by atoms with Crippen LogP contribution in [0.25, 0.3) is 0 Å². The first kappa shape index (κ1) is 15.1. The number of nitrogens with zero attached hydrogens (tertiary/aromatic N) is 2. The highest BCUT2D eigenvalue weighted by Crippen LogP contribution is 2.22. The monoisotopic (exact) mass is 249 g/mol. The summed E-state index contributed by atoms with van der Waals surface area (Å²) in [6.45, 7) is 8.53. The van der Waals surface area contributed by atoms with Gasteiger partial charge in [-0.25, -0.2) is 0 Å². The molecule has 3 nitrogen and oxygen atoms in total. The van der Waals surface area contributed by atoms with Gasteiger partial charge >= 0.3 is 0 Å². The second kappa shape index (κ2) is 6.86. The van der Waals surface area contributed by atoms with Crippen LogP contribution in [0.5, 0.6) is 0 Å². The smallest absolute Gasteiger partial charge is 0.0416 e. The van der Waals surface area contributed by atoms with Gasteiger partial charge in [0.05, 0.1) is 0 Å². The summed E-state index contributed by atoms with van der Waals surface area (Å²) >= 11 is 0. The van der Waals surface area contributed by atoms with Crippen LogP contribution in [0.1, 0.15) is 32.9 Å². The minimum Gasteiger partial charge on any atom is -0.329 e. The average molecular weight is 249 g/mol. The standard InChI is InChI=1S/C15H27N3/c1-15(2,3)11-14(12-16)18(4)10-8-13-7-5-6-9-17-13/h5-7,9,14H,8,10-12,16H2,1-4H3. The zero-order chi connectivity index (χ0) is 13.6. The Labute approximate surface area is 111 Å². The molecule has 0 spiro atoms. The number of pyridine rings is 1. The lowest BCUT2D eigenvalue weighted by Crippen LogP contribution is -2.41. The molecule has 18 heavy (non-hydrogen) atoms. The van der Waals surface area contributed by atoms with E-state index in [0.717, 1.165) is 31.6 Å². The summed E-state index contributed by atoms with van der Waals surface area (Å²) in [5.74, 6) is 0. The van der Waals surface area contributed by atoms with E-state index in [9.17, 15) is 0 Å². The first-order valence-electron chi connectivity index (χ1n) is 6.72. The van der Waals surface area contributed by atoms with Crippen molar-refractivity contribution in [3.8, 4) is 0 Å². The Morgan fingerprint density at radius 1 is 1.33 bits per heavy atom. The van der Waals surface area contributed by atoms with Crippen LogP contribution in [0.2, 0.25) is 0 Å². The normalized spacial score (nSPS) is 13.9. The van der Waals surface area contributed by atoms with Crippen molar-refractivity contribution in [3.63, 3.8) is 0 Å². The van der Waals surface area contributed by atoms with Gasteiger partial charge in [0.2, 0.25) is 0 Å². The summed E-state index contributed by atoms with van der Waals surface area (Å²) in [7, 11) is 2.16. The van der Waals surface area contributed by atoms with Crippen molar-refractivity contribution >= 4 is 0 Å². The second-order valence-corrected chi connectivity index (χ2v) is 6.21. The van der Waals surface area contributed by atoms with Crippen LogP contribution < -0.4 is 5.73 Å². The largest absolute Gasteiger partial charge is 0.329 e. The maximum atomic E-state index is 5.89. The zero-order valence-electron chi connectivity index (χ0n) is 12.2. The van der Waals surface area contributed by atoms with Crippen molar-refractivity contribution < 1.29 is 0 Å². The number of likely N-dealkylation sites (N-methyl/N-ethyl adjacent to an activating group) is 1. The van der Waals surface area contributed by atoms with E-state index in [1.807, 2.05) is 18.3 Å². The van der Waals surface area contributed by atoms with Crippen molar-refractivity contribution in [1.82, 2.24) is 9.88 Å². The van der Waals surface area contributed by atoms with Gasteiger partial charge in [-0.1, -0.05) is 26.8 Å². The van der Waals surface area contributed by atoms with Crippen LogP contribution in [-0.4, -0.2) is 36.1 Å². The van der Waals surface area contributed by atoms with Gasteiger partial charge in [-0.2, -0.15) is 0 Å². The lowest BCUT2D eigenvalue weighted by atomic mass is 9.87. The van der Waals surface area contributed by atoms with E-state index in [1.165, 1.54) is 0 Å². The molecule has 0 saturated heterocycles. The van der Waals surface area contributed by atoms with Crippen molar-refractivity contribution in [3.05, 3.63) is 30.1 Å². The van der Waals surface area contributed by atoms with Crippen LogP contribution in [-0.2, 0) is 6.42 Å². The van der Waals surface area contributed by atoms with Gasteiger partial charge in [0.25, 0.3) is 0 Å². The van der Waals surface area contributed by atoms with Gasteiger partial charge in [0.1, 0.15) is 0 Å². The predicted molar refractivity (Wildman–Crippen MR) is 77.5 cm³/mol. The summed E-state index contributed by atoms with van der Waals surface area (Å²) in [4.78, 5) is 6.71. The Bertz CT molecular complexity index is 329. The third kappa shape index (κ3) is 5.61. The lowest BCUT2D eigenvalue weighted by molar-refractivity contribution is 0.185. The molecule has 0 aliphatic heterocycles. The van der Waals surface area contributed by atoms with Gasteiger partial charge in [0, 0.05) is 37.4 Å². The minimum absolute atomic E-state index is 0.323. The Balaban J connectivity index is 2.45.